The van der Waals surface area contributed by atoms with Crippen LogP contribution in [0.3, 0.4) is 0 Å². The number of aliphatic carboxylic acids is 1. The molecule has 6 aromatic rings. The minimum absolute atomic E-state index is 0.0232. The number of nitrogens with one attached hydrogen (secondary N) is 1. The molecule has 0 aliphatic carbocycles. The average molecular weight is 938 g/mol. The van der Waals surface area contributed by atoms with Crippen LogP contribution in [0.2, 0.25) is 5.02 Å². The second kappa shape index (κ2) is 17.9. The van der Waals surface area contributed by atoms with Gasteiger partial charge in [0.05, 0.1) is 23.0 Å². The van der Waals surface area contributed by atoms with Crippen LogP contribution in [0.5, 0.6) is 11.5 Å². The number of amides is 2. The van der Waals surface area contributed by atoms with Crippen LogP contribution in [0.15, 0.2) is 113 Å². The van der Waals surface area contributed by atoms with Gasteiger partial charge in [0.1, 0.15) is 23.6 Å². The molecule has 3 heterocycles. The van der Waals surface area contributed by atoms with Crippen molar-refractivity contribution in [3.05, 3.63) is 153 Å². The standard InChI is InChI=1S/C46H38Cl2N6O8S2/c1-25-45(63-46(50)51-25)64(59,60)54-24-33-22-39-37(53(2)43(56)40(62-39)30-14-16-35(17-15-30)61-41(48)31-4-3-5-34(47)19-31)20-32(33)21-38(54)42(55)52-36(44(57)58)18-26-6-10-28(11-7-26)29-12-8-27(23-49)9-13-29/h3-17,19-20,22,36,38,40-41H,18,21,24H2,1-2H3,(H2,50,51)(H,52,55)(H,57,58)/t36?,38?,40-,41+/m0/s1. The Labute approximate surface area is 382 Å². The van der Waals surface area contributed by atoms with E-state index < -0.39 is 45.7 Å². The highest BCUT2D eigenvalue weighted by Gasteiger charge is 2.44. The molecule has 4 atom stereocenters. The third kappa shape index (κ3) is 8.99. The van der Waals surface area contributed by atoms with E-state index in [1.165, 1.54) is 11.8 Å². The molecule has 4 N–H and O–H groups in total. The molecule has 0 bridgehead atoms. The Morgan fingerprint density at radius 3 is 2.34 bits per heavy atom. The lowest BCUT2D eigenvalue weighted by Gasteiger charge is -2.38. The number of halogens is 2. The maximum atomic E-state index is 14.5. The van der Waals surface area contributed by atoms with Gasteiger partial charge < -0.3 is 30.5 Å². The van der Waals surface area contributed by atoms with Crippen molar-refractivity contribution in [2.24, 2.45) is 0 Å². The number of alkyl halides is 1. The molecule has 2 aliphatic rings. The zero-order chi connectivity index (χ0) is 45.4. The number of benzene rings is 5. The van der Waals surface area contributed by atoms with Crippen molar-refractivity contribution < 1.29 is 37.4 Å². The van der Waals surface area contributed by atoms with Crippen LogP contribution >= 0.6 is 34.5 Å². The molecule has 18 heteroatoms. The molecule has 5 aromatic carbocycles. The summed E-state index contributed by atoms with van der Waals surface area (Å²) >= 11 is 13.4. The van der Waals surface area contributed by atoms with Crippen LogP contribution in [0, 0.1) is 18.3 Å². The van der Waals surface area contributed by atoms with E-state index in [1.807, 2.05) is 24.3 Å². The van der Waals surface area contributed by atoms with Gasteiger partial charge in [-0.05, 0) is 89.7 Å². The number of carbonyl (C=O) groups is 3. The lowest BCUT2D eigenvalue weighted by molar-refractivity contribution is -0.142. The summed E-state index contributed by atoms with van der Waals surface area (Å²) < 4.78 is 42.0. The van der Waals surface area contributed by atoms with Crippen LogP contribution in [-0.2, 0) is 43.8 Å². The van der Waals surface area contributed by atoms with Gasteiger partial charge in [0, 0.05) is 36.2 Å². The Kier molecular flexibility index (Phi) is 12.4. The molecule has 0 saturated heterocycles. The number of nitriles is 1. The maximum Gasteiger partial charge on any atom is 0.326 e. The molecule has 0 spiro atoms. The molecule has 2 unspecified atom stereocenters. The second-order valence-electron chi connectivity index (χ2n) is 15.2. The number of nitrogens with zero attached hydrogens (tertiary/aromatic N) is 4. The number of nitrogens with two attached hydrogens (primary N) is 1. The molecule has 0 fully saturated rings. The predicted molar refractivity (Wildman–Crippen MR) is 242 cm³/mol. The molecule has 8 rings (SSSR count). The summed E-state index contributed by atoms with van der Waals surface area (Å²) in [6.45, 7) is 1.21. The van der Waals surface area contributed by atoms with Crippen LogP contribution < -0.4 is 25.4 Å². The van der Waals surface area contributed by atoms with E-state index in [4.69, 9.17) is 43.7 Å². The first kappa shape index (κ1) is 44.1. The fourth-order valence-corrected chi connectivity index (χ4v) is 11.1. The van der Waals surface area contributed by atoms with Gasteiger partial charge in [0.25, 0.3) is 15.9 Å². The minimum Gasteiger partial charge on any atom is -0.480 e. The number of thiazole rings is 1. The summed E-state index contributed by atoms with van der Waals surface area (Å²) in [5.41, 5.74) is 10.8. The van der Waals surface area contributed by atoms with Gasteiger partial charge in [0.15, 0.2) is 14.9 Å². The Morgan fingerprint density at radius 1 is 1.03 bits per heavy atom. The summed E-state index contributed by atoms with van der Waals surface area (Å²) in [6.07, 6.45) is -1.31. The number of carbonyl (C=O) groups excluding carboxylic acids is 2. The molecule has 1 aromatic heterocycles. The van der Waals surface area contributed by atoms with Crippen molar-refractivity contribution in [1.29, 1.82) is 5.26 Å². The number of aromatic nitrogens is 1. The average Bonchev–Trinajstić information content (AvgIpc) is 3.64. The summed E-state index contributed by atoms with van der Waals surface area (Å²) in [7, 11) is -2.84. The Bertz CT molecular complexity index is 2940. The van der Waals surface area contributed by atoms with Crippen LogP contribution in [0.4, 0.5) is 10.8 Å². The molecule has 0 saturated carbocycles. The molecule has 326 valence electrons. The molecular formula is C46H38Cl2N6O8S2. The topological polar surface area (TPSA) is 205 Å². The largest absolute Gasteiger partial charge is 0.480 e. The number of carboxylic acids is 1. The molecule has 64 heavy (non-hydrogen) atoms. The summed E-state index contributed by atoms with van der Waals surface area (Å²) in [6, 6.07) is 30.5. The molecule has 2 amide bonds. The minimum atomic E-state index is -4.44. The molecule has 14 nitrogen and oxygen atoms in total. The quantitative estimate of drug-likeness (QED) is 0.102. The number of ether oxygens (including phenoxy) is 2. The van der Waals surface area contributed by atoms with Gasteiger partial charge in [-0.2, -0.15) is 9.57 Å². The number of likely N-dealkylation sites (N-methyl/N-ethyl adjacent to an activating group) is 1. The fourth-order valence-electron chi connectivity index (χ4n) is 7.67. The number of hydrogen-bond donors (Lipinski definition) is 3. The summed E-state index contributed by atoms with van der Waals surface area (Å²) in [4.78, 5) is 46.3. The van der Waals surface area contributed by atoms with Crippen LogP contribution in [0.25, 0.3) is 11.1 Å². The number of hydrogen-bond acceptors (Lipinski definition) is 11. The van der Waals surface area contributed by atoms with Gasteiger partial charge in [-0.1, -0.05) is 95.2 Å². The highest BCUT2D eigenvalue weighted by molar-refractivity contribution is 7.91. The number of nitrogen functional groups attached to an aromatic ring is 1. The zero-order valence-electron chi connectivity index (χ0n) is 34.1. The van der Waals surface area contributed by atoms with E-state index in [2.05, 4.69) is 16.4 Å². The highest BCUT2D eigenvalue weighted by atomic mass is 35.5. The maximum absolute atomic E-state index is 14.5. The van der Waals surface area contributed by atoms with Crippen LogP contribution in [0.1, 0.15) is 50.7 Å². The highest BCUT2D eigenvalue weighted by Crippen LogP contribution is 2.43. The number of sulfonamides is 1. The predicted octanol–water partition coefficient (Wildman–Crippen LogP) is 7.57. The van der Waals surface area contributed by atoms with Crippen molar-refractivity contribution in [1.82, 2.24) is 14.6 Å². The van der Waals surface area contributed by atoms with E-state index in [-0.39, 0.29) is 40.3 Å². The molecule has 2 aliphatic heterocycles. The van der Waals surface area contributed by atoms with Gasteiger partial charge in [0.2, 0.25) is 12.0 Å². The summed E-state index contributed by atoms with van der Waals surface area (Å²) in [5.74, 6) is -1.77. The van der Waals surface area contributed by atoms with Crippen LogP contribution in [-0.4, -0.2) is 59.7 Å². The van der Waals surface area contributed by atoms with Crippen molar-refractivity contribution >= 4 is 73.2 Å². The molecular weight excluding hydrogens is 900 g/mol. The Hall–Kier alpha value is -6.48. The van der Waals surface area contributed by atoms with Crippen molar-refractivity contribution in [2.45, 2.75) is 54.3 Å². The van der Waals surface area contributed by atoms with Gasteiger partial charge in [-0.25, -0.2) is 18.2 Å². The number of rotatable bonds is 12. The number of carboxylic acid groups (broad SMARTS) is 1. The molecule has 0 radical (unpaired) electrons. The van der Waals surface area contributed by atoms with Gasteiger partial charge in [-0.15, -0.1) is 0 Å². The summed E-state index contributed by atoms with van der Waals surface area (Å²) in [5, 5.41) is 22.6. The Balaban J connectivity index is 1.05. The third-order valence-electron chi connectivity index (χ3n) is 11.0. The van der Waals surface area contributed by atoms with E-state index in [1.54, 1.807) is 92.0 Å². The first-order valence-electron chi connectivity index (χ1n) is 19.7. The monoisotopic (exact) mass is 936 g/mol. The smallest absolute Gasteiger partial charge is 0.326 e. The van der Waals surface area contributed by atoms with E-state index in [0.717, 1.165) is 26.8 Å². The lowest BCUT2D eigenvalue weighted by atomic mass is 9.93. The number of aryl methyl sites for hydroxylation is 1. The van der Waals surface area contributed by atoms with Crippen molar-refractivity contribution in [3.8, 4) is 28.7 Å². The fraction of sp³-hybridized carbons (Fsp3) is 0.196. The van der Waals surface area contributed by atoms with Crippen molar-refractivity contribution in [3.63, 3.8) is 0 Å². The first-order chi connectivity index (χ1) is 30.6. The van der Waals surface area contributed by atoms with Gasteiger partial charge in [-0.3, -0.25) is 9.59 Å². The zero-order valence-corrected chi connectivity index (χ0v) is 37.2. The second-order valence-corrected chi connectivity index (χ2v) is 19.2. The van der Waals surface area contributed by atoms with Crippen molar-refractivity contribution in [2.75, 3.05) is 17.7 Å². The van der Waals surface area contributed by atoms with E-state index >= 15 is 0 Å². The first-order valence-corrected chi connectivity index (χ1v) is 22.8. The third-order valence-corrected chi connectivity index (χ3v) is 15.0. The SMILES string of the molecule is Cc1nc(N)sc1S(=O)(=O)N1Cc2cc3c(cc2CC1C(=O)NC(Cc1ccc(-c2ccc(C#N)cc2)cc1)C(=O)O)N(C)C(=O)[C@H](c1ccc(O[C@@H](Cl)c2cccc(Cl)c2)cc1)O3. The van der Waals surface area contributed by atoms with E-state index in [9.17, 15) is 27.9 Å². The Morgan fingerprint density at radius 2 is 1.72 bits per heavy atom. The number of anilines is 2. The lowest BCUT2D eigenvalue weighted by Crippen LogP contribution is -2.55. The number of fused-ring (bicyclic) bond motifs is 2. The van der Waals surface area contributed by atoms with Gasteiger partial charge >= 0.3 is 5.97 Å². The normalized spacial score (nSPS) is 17.0. The van der Waals surface area contributed by atoms with E-state index in [0.29, 0.717) is 55.6 Å².